The first-order chi connectivity index (χ1) is 11.7. The molecule has 0 saturated carbocycles. The quantitative estimate of drug-likeness (QED) is 0.867. The van der Waals surface area contributed by atoms with Gasteiger partial charge in [-0.1, -0.05) is 5.21 Å². The maximum absolute atomic E-state index is 12.6. The lowest BCUT2D eigenvalue weighted by Crippen LogP contribution is -2.35. The molecule has 8 nitrogen and oxygen atoms in total. The molecule has 0 aliphatic carbocycles. The van der Waals surface area contributed by atoms with Gasteiger partial charge in [0.2, 0.25) is 0 Å². The number of hydrogen-bond acceptors (Lipinski definition) is 6. The fourth-order valence-corrected chi connectivity index (χ4v) is 2.91. The molecule has 0 unspecified atom stereocenters. The number of anilines is 1. The third kappa shape index (κ3) is 3.70. The minimum atomic E-state index is -0.0639. The zero-order valence-corrected chi connectivity index (χ0v) is 13.9. The highest BCUT2D eigenvalue weighted by molar-refractivity contribution is 5.92. The Morgan fingerprint density at radius 1 is 1.29 bits per heavy atom. The van der Waals surface area contributed by atoms with E-state index in [0.29, 0.717) is 25.3 Å². The molecule has 8 heteroatoms. The molecule has 0 bridgehead atoms. The highest BCUT2D eigenvalue weighted by atomic mass is 16.2. The summed E-state index contributed by atoms with van der Waals surface area (Å²) >= 11 is 0. The maximum Gasteiger partial charge on any atom is 0.276 e. The Balaban J connectivity index is 1.65. The summed E-state index contributed by atoms with van der Waals surface area (Å²) in [6.07, 6.45) is 4.42. The zero-order valence-electron chi connectivity index (χ0n) is 13.9. The van der Waals surface area contributed by atoms with Crippen LogP contribution >= 0.6 is 0 Å². The zero-order chi connectivity index (χ0) is 16.9. The van der Waals surface area contributed by atoms with Crippen molar-refractivity contribution in [3.63, 3.8) is 0 Å². The molecule has 0 aromatic carbocycles. The molecule has 128 valence electrons. The van der Waals surface area contributed by atoms with Gasteiger partial charge in [0.25, 0.3) is 5.91 Å². The number of carbonyl (C=O) groups excluding carboxylic acids is 1. The minimum Gasteiger partial charge on any atom is -0.370 e. The van der Waals surface area contributed by atoms with Crippen molar-refractivity contribution in [3.8, 4) is 0 Å². The lowest BCUT2D eigenvalue weighted by Gasteiger charge is -2.23. The number of nitrogens with zero attached hydrogens (tertiary/aromatic N) is 6. The van der Waals surface area contributed by atoms with E-state index >= 15 is 0 Å². The average molecular weight is 329 g/mol. The summed E-state index contributed by atoms with van der Waals surface area (Å²) in [5.41, 5.74) is 8.04. The Hall–Kier alpha value is -2.48. The van der Waals surface area contributed by atoms with Crippen LogP contribution in [0.3, 0.4) is 0 Å². The first-order valence-electron chi connectivity index (χ1n) is 8.24. The molecule has 0 radical (unpaired) electrons. The van der Waals surface area contributed by atoms with Gasteiger partial charge in [-0.25, -0.2) is 0 Å². The van der Waals surface area contributed by atoms with Crippen LogP contribution < -0.4 is 10.6 Å². The first kappa shape index (κ1) is 16.4. The molecule has 3 heterocycles. The number of carbonyl (C=O) groups is 1. The molecule has 1 fully saturated rings. The fraction of sp³-hybridized carbons (Fsp3) is 0.500. The molecule has 0 spiro atoms. The van der Waals surface area contributed by atoms with Crippen molar-refractivity contribution in [2.45, 2.75) is 19.9 Å². The molecule has 1 aliphatic rings. The second kappa shape index (κ2) is 7.39. The smallest absolute Gasteiger partial charge is 0.276 e. The molecule has 3 rings (SSSR count). The van der Waals surface area contributed by atoms with E-state index in [1.165, 1.54) is 0 Å². The highest BCUT2D eigenvalue weighted by Crippen LogP contribution is 2.17. The van der Waals surface area contributed by atoms with Crippen LogP contribution in [0.2, 0.25) is 0 Å². The van der Waals surface area contributed by atoms with Crippen molar-refractivity contribution in [3.05, 3.63) is 35.9 Å². The topological polar surface area (TPSA) is 93.2 Å². The second-order valence-corrected chi connectivity index (χ2v) is 5.94. The number of hydrogen-bond donors (Lipinski definition) is 1. The van der Waals surface area contributed by atoms with Crippen LogP contribution in [0.5, 0.6) is 0 Å². The summed E-state index contributed by atoms with van der Waals surface area (Å²) in [7, 11) is 0. The van der Waals surface area contributed by atoms with E-state index in [2.05, 4.69) is 26.3 Å². The molecule has 2 N–H and O–H groups in total. The number of amides is 1. The summed E-state index contributed by atoms with van der Waals surface area (Å²) in [5.74, 6) is -0.0639. The Morgan fingerprint density at radius 2 is 2.17 bits per heavy atom. The molecule has 1 saturated heterocycles. The largest absolute Gasteiger partial charge is 0.370 e. The van der Waals surface area contributed by atoms with Gasteiger partial charge in [-0.3, -0.25) is 14.5 Å². The van der Waals surface area contributed by atoms with Gasteiger partial charge in [-0.15, -0.1) is 5.10 Å². The van der Waals surface area contributed by atoms with Gasteiger partial charge >= 0.3 is 0 Å². The van der Waals surface area contributed by atoms with Gasteiger partial charge in [0, 0.05) is 50.3 Å². The number of aromatic nitrogens is 4. The van der Waals surface area contributed by atoms with E-state index in [9.17, 15) is 4.79 Å². The Kier molecular flexibility index (Phi) is 5.05. The van der Waals surface area contributed by atoms with Crippen LogP contribution in [0.4, 0.5) is 5.69 Å². The molecule has 1 amide bonds. The molecule has 24 heavy (non-hydrogen) atoms. The van der Waals surface area contributed by atoms with Crippen molar-refractivity contribution in [2.75, 3.05) is 37.6 Å². The summed E-state index contributed by atoms with van der Waals surface area (Å²) in [4.78, 5) is 21.0. The van der Waals surface area contributed by atoms with Crippen LogP contribution in [0, 0.1) is 6.92 Å². The SMILES string of the molecule is Cc1cc(N2CCCN(C(=O)c3cn(CCN)nn3)CC2)ccn1. The lowest BCUT2D eigenvalue weighted by molar-refractivity contribution is 0.0761. The molecular weight excluding hydrogens is 306 g/mol. The van der Waals surface area contributed by atoms with E-state index < -0.39 is 0 Å². The molecule has 0 atom stereocenters. The third-order valence-corrected chi connectivity index (χ3v) is 4.14. The highest BCUT2D eigenvalue weighted by Gasteiger charge is 2.22. The van der Waals surface area contributed by atoms with E-state index in [4.69, 9.17) is 5.73 Å². The number of pyridine rings is 1. The van der Waals surface area contributed by atoms with Gasteiger partial charge in [-0.05, 0) is 25.5 Å². The summed E-state index contributed by atoms with van der Waals surface area (Å²) in [5, 5.41) is 7.91. The van der Waals surface area contributed by atoms with Crippen molar-refractivity contribution in [1.82, 2.24) is 24.9 Å². The Morgan fingerprint density at radius 3 is 2.96 bits per heavy atom. The maximum atomic E-state index is 12.6. The predicted octanol–water partition coefficient (Wildman–Crippen LogP) is 0.293. The summed E-state index contributed by atoms with van der Waals surface area (Å²) < 4.78 is 1.61. The van der Waals surface area contributed by atoms with E-state index in [1.807, 2.05) is 24.1 Å². The van der Waals surface area contributed by atoms with E-state index in [-0.39, 0.29) is 5.91 Å². The van der Waals surface area contributed by atoms with E-state index in [0.717, 1.165) is 37.4 Å². The Bertz CT molecular complexity index is 699. The molecular formula is C16H23N7O. The van der Waals surface area contributed by atoms with Crippen molar-refractivity contribution < 1.29 is 4.79 Å². The average Bonchev–Trinajstić information content (AvgIpc) is 2.90. The number of aryl methyl sites for hydroxylation is 1. The lowest BCUT2D eigenvalue weighted by atomic mass is 10.3. The minimum absolute atomic E-state index is 0.0639. The van der Waals surface area contributed by atoms with Crippen LogP contribution in [-0.2, 0) is 6.54 Å². The molecule has 2 aromatic rings. The van der Waals surface area contributed by atoms with Crippen molar-refractivity contribution in [2.24, 2.45) is 5.73 Å². The van der Waals surface area contributed by atoms with Crippen LogP contribution in [0.1, 0.15) is 22.6 Å². The van der Waals surface area contributed by atoms with Crippen molar-refractivity contribution in [1.29, 1.82) is 0 Å². The van der Waals surface area contributed by atoms with Gasteiger partial charge in [-0.2, -0.15) is 0 Å². The Labute approximate surface area is 141 Å². The predicted molar refractivity (Wildman–Crippen MR) is 90.8 cm³/mol. The van der Waals surface area contributed by atoms with Crippen LogP contribution in [0.25, 0.3) is 0 Å². The van der Waals surface area contributed by atoms with Crippen LogP contribution in [-0.4, -0.2) is 63.5 Å². The first-order valence-corrected chi connectivity index (χ1v) is 8.24. The summed E-state index contributed by atoms with van der Waals surface area (Å²) in [6, 6.07) is 4.10. The van der Waals surface area contributed by atoms with E-state index in [1.54, 1.807) is 10.9 Å². The molecule has 1 aliphatic heterocycles. The number of nitrogens with two attached hydrogens (primary N) is 1. The monoisotopic (exact) mass is 329 g/mol. The standard InChI is InChI=1S/C16H23N7O/c1-13-11-14(3-5-18-13)21-6-2-7-22(10-9-21)16(24)15-12-23(8-4-17)20-19-15/h3,5,11-12H,2,4,6-10,17H2,1H3. The number of rotatable bonds is 4. The van der Waals surface area contributed by atoms with Gasteiger partial charge < -0.3 is 15.5 Å². The normalized spacial score (nSPS) is 15.4. The summed E-state index contributed by atoms with van der Waals surface area (Å²) in [6.45, 7) is 6.14. The van der Waals surface area contributed by atoms with Crippen molar-refractivity contribution >= 4 is 11.6 Å². The van der Waals surface area contributed by atoms with Gasteiger partial charge in [0.15, 0.2) is 5.69 Å². The van der Waals surface area contributed by atoms with Gasteiger partial charge in [0.1, 0.15) is 0 Å². The second-order valence-electron chi connectivity index (χ2n) is 5.94. The van der Waals surface area contributed by atoms with Gasteiger partial charge in [0.05, 0.1) is 12.7 Å². The third-order valence-electron chi connectivity index (χ3n) is 4.14. The van der Waals surface area contributed by atoms with Crippen LogP contribution in [0.15, 0.2) is 24.5 Å². The molecule has 2 aromatic heterocycles. The fourth-order valence-electron chi connectivity index (χ4n) is 2.91.